The first-order valence-corrected chi connectivity index (χ1v) is 6.31. The molecule has 0 aliphatic carbocycles. The van der Waals surface area contributed by atoms with Crippen LogP contribution in [0, 0.1) is 0 Å². The van der Waals surface area contributed by atoms with E-state index in [-0.39, 0.29) is 12.8 Å². The number of methoxy groups -OCH3 is 1. The van der Waals surface area contributed by atoms with Gasteiger partial charge < -0.3 is 14.9 Å². The van der Waals surface area contributed by atoms with Crippen molar-refractivity contribution in [2.75, 3.05) is 7.11 Å². The SMILES string of the molecule is COc1ccc(/C=C/C=N[C@@H](CCC(=O)O)C(=O)O)cc1. The van der Waals surface area contributed by atoms with Gasteiger partial charge in [0.05, 0.1) is 7.11 Å². The number of carboxylic acid groups (broad SMARTS) is 2. The van der Waals surface area contributed by atoms with Crippen molar-refractivity contribution in [3.63, 3.8) is 0 Å². The van der Waals surface area contributed by atoms with Gasteiger partial charge in [0.15, 0.2) is 0 Å². The maximum absolute atomic E-state index is 10.9. The first-order valence-electron chi connectivity index (χ1n) is 6.31. The average Bonchev–Trinajstić information content (AvgIpc) is 2.46. The van der Waals surface area contributed by atoms with Crippen LogP contribution < -0.4 is 4.74 Å². The van der Waals surface area contributed by atoms with Crippen LogP contribution in [0.2, 0.25) is 0 Å². The number of hydrogen-bond donors (Lipinski definition) is 2. The van der Waals surface area contributed by atoms with E-state index in [0.717, 1.165) is 11.3 Å². The second-order valence-electron chi connectivity index (χ2n) is 4.22. The maximum atomic E-state index is 10.9. The zero-order chi connectivity index (χ0) is 15.7. The fourth-order valence-corrected chi connectivity index (χ4v) is 1.54. The molecule has 0 amide bonds. The van der Waals surface area contributed by atoms with Crippen molar-refractivity contribution in [3.05, 3.63) is 35.9 Å². The zero-order valence-electron chi connectivity index (χ0n) is 11.6. The molecule has 0 saturated heterocycles. The van der Waals surface area contributed by atoms with Crippen LogP contribution in [0.1, 0.15) is 18.4 Å². The second-order valence-corrected chi connectivity index (χ2v) is 4.22. The molecule has 1 aromatic carbocycles. The van der Waals surface area contributed by atoms with Crippen LogP contribution in [0.15, 0.2) is 35.3 Å². The summed E-state index contributed by atoms with van der Waals surface area (Å²) in [5, 5.41) is 17.5. The zero-order valence-corrected chi connectivity index (χ0v) is 11.6. The van der Waals surface area contributed by atoms with E-state index in [4.69, 9.17) is 14.9 Å². The Bertz CT molecular complexity index is 533. The van der Waals surface area contributed by atoms with Crippen molar-refractivity contribution >= 4 is 24.2 Å². The van der Waals surface area contributed by atoms with E-state index >= 15 is 0 Å². The molecule has 0 unspecified atom stereocenters. The van der Waals surface area contributed by atoms with Crippen molar-refractivity contribution < 1.29 is 24.5 Å². The minimum Gasteiger partial charge on any atom is -0.497 e. The highest BCUT2D eigenvalue weighted by atomic mass is 16.5. The minimum absolute atomic E-state index is 0.0302. The molecule has 112 valence electrons. The van der Waals surface area contributed by atoms with Gasteiger partial charge in [0.2, 0.25) is 0 Å². The van der Waals surface area contributed by atoms with E-state index < -0.39 is 18.0 Å². The van der Waals surface area contributed by atoms with Crippen molar-refractivity contribution in [1.29, 1.82) is 0 Å². The van der Waals surface area contributed by atoms with Gasteiger partial charge in [0, 0.05) is 12.6 Å². The molecule has 6 nitrogen and oxygen atoms in total. The van der Waals surface area contributed by atoms with Crippen molar-refractivity contribution in [2.45, 2.75) is 18.9 Å². The molecular weight excluding hydrogens is 274 g/mol. The summed E-state index contributed by atoms with van der Waals surface area (Å²) < 4.78 is 5.04. The lowest BCUT2D eigenvalue weighted by atomic mass is 10.1. The summed E-state index contributed by atoms with van der Waals surface area (Å²) in [7, 11) is 1.58. The molecule has 1 rings (SSSR count). The summed E-state index contributed by atoms with van der Waals surface area (Å²) in [6.07, 6.45) is 4.48. The van der Waals surface area contributed by atoms with E-state index in [9.17, 15) is 9.59 Å². The van der Waals surface area contributed by atoms with Crippen LogP contribution in [0.25, 0.3) is 6.08 Å². The first-order chi connectivity index (χ1) is 10.0. The van der Waals surface area contributed by atoms with Crippen molar-refractivity contribution in [3.8, 4) is 5.75 Å². The number of carbonyl (C=O) groups is 2. The van der Waals surface area contributed by atoms with Crippen LogP contribution in [0.3, 0.4) is 0 Å². The van der Waals surface area contributed by atoms with Crippen LogP contribution in [0.4, 0.5) is 0 Å². The van der Waals surface area contributed by atoms with E-state index in [1.807, 2.05) is 24.3 Å². The molecule has 0 bridgehead atoms. The lowest BCUT2D eigenvalue weighted by molar-refractivity contribution is -0.139. The Morgan fingerprint density at radius 3 is 2.48 bits per heavy atom. The summed E-state index contributed by atoms with van der Waals surface area (Å²) >= 11 is 0. The Balaban J connectivity index is 2.58. The van der Waals surface area contributed by atoms with Gasteiger partial charge in [-0.05, 0) is 30.2 Å². The first kappa shape index (κ1) is 16.4. The van der Waals surface area contributed by atoms with E-state index in [1.54, 1.807) is 19.3 Å². The maximum Gasteiger partial charge on any atom is 0.328 e. The van der Waals surface area contributed by atoms with Gasteiger partial charge >= 0.3 is 11.9 Å². The Labute approximate surface area is 122 Å². The number of nitrogens with zero attached hydrogens (tertiary/aromatic N) is 1. The summed E-state index contributed by atoms with van der Waals surface area (Å²) in [6, 6.07) is 6.28. The number of allylic oxidation sites excluding steroid dienone is 1. The van der Waals surface area contributed by atoms with Crippen LogP contribution in [-0.2, 0) is 9.59 Å². The number of rotatable bonds is 8. The molecule has 0 aromatic heterocycles. The van der Waals surface area contributed by atoms with Gasteiger partial charge in [-0.25, -0.2) is 4.79 Å². The van der Waals surface area contributed by atoms with Crippen LogP contribution in [-0.4, -0.2) is 41.5 Å². The number of benzene rings is 1. The predicted molar refractivity (Wildman–Crippen MR) is 78.8 cm³/mol. The Hall–Kier alpha value is -2.63. The molecule has 0 saturated carbocycles. The third kappa shape index (κ3) is 6.38. The van der Waals surface area contributed by atoms with Gasteiger partial charge in [-0.1, -0.05) is 18.2 Å². The van der Waals surface area contributed by atoms with Gasteiger partial charge in [0.1, 0.15) is 11.8 Å². The fraction of sp³-hybridized carbons (Fsp3) is 0.267. The third-order valence-corrected chi connectivity index (χ3v) is 2.67. The van der Waals surface area contributed by atoms with Gasteiger partial charge in [-0.3, -0.25) is 9.79 Å². The molecule has 0 spiro atoms. The van der Waals surface area contributed by atoms with Gasteiger partial charge in [0.25, 0.3) is 0 Å². The highest BCUT2D eigenvalue weighted by Gasteiger charge is 2.16. The number of aliphatic carboxylic acids is 2. The molecule has 0 aliphatic rings. The highest BCUT2D eigenvalue weighted by molar-refractivity contribution is 5.82. The Morgan fingerprint density at radius 2 is 1.95 bits per heavy atom. The minimum atomic E-state index is -1.13. The molecule has 1 atom stereocenters. The highest BCUT2D eigenvalue weighted by Crippen LogP contribution is 2.12. The Kier molecular flexibility index (Phi) is 6.67. The number of ether oxygens (including phenoxy) is 1. The van der Waals surface area contributed by atoms with Crippen LogP contribution >= 0.6 is 0 Å². The van der Waals surface area contributed by atoms with Crippen molar-refractivity contribution in [1.82, 2.24) is 0 Å². The molecule has 1 aromatic rings. The summed E-state index contributed by atoms with van der Waals surface area (Å²) in [5.74, 6) is -1.42. The van der Waals surface area contributed by atoms with E-state index in [2.05, 4.69) is 4.99 Å². The van der Waals surface area contributed by atoms with E-state index in [0.29, 0.717) is 0 Å². The average molecular weight is 291 g/mol. The molecule has 0 radical (unpaired) electrons. The molecule has 0 fully saturated rings. The predicted octanol–water partition coefficient (Wildman–Crippen LogP) is 2.10. The molecule has 21 heavy (non-hydrogen) atoms. The lowest BCUT2D eigenvalue weighted by Gasteiger charge is -2.03. The number of aliphatic imine (C=N–C) groups is 1. The summed E-state index contributed by atoms with van der Waals surface area (Å²) in [5.41, 5.74) is 0.916. The quantitative estimate of drug-likeness (QED) is 0.715. The largest absolute Gasteiger partial charge is 0.497 e. The van der Waals surface area contributed by atoms with E-state index in [1.165, 1.54) is 6.21 Å². The molecular formula is C15H17NO5. The number of hydrogen-bond acceptors (Lipinski definition) is 4. The molecule has 2 N–H and O–H groups in total. The molecule has 0 heterocycles. The monoisotopic (exact) mass is 291 g/mol. The summed E-state index contributed by atoms with van der Waals surface area (Å²) in [6.45, 7) is 0. The van der Waals surface area contributed by atoms with Gasteiger partial charge in [-0.2, -0.15) is 0 Å². The van der Waals surface area contributed by atoms with Crippen LogP contribution in [0.5, 0.6) is 5.75 Å². The standard InChI is InChI=1S/C15H17NO5/c1-21-12-6-4-11(5-7-12)3-2-10-16-13(15(19)20)8-9-14(17)18/h2-7,10,13H,8-9H2,1H3,(H,17,18)(H,19,20)/b3-2+,16-10?/t13-/m0/s1. The molecule has 0 aliphatic heterocycles. The smallest absolute Gasteiger partial charge is 0.328 e. The number of carboxylic acids is 2. The van der Waals surface area contributed by atoms with Gasteiger partial charge in [-0.15, -0.1) is 0 Å². The lowest BCUT2D eigenvalue weighted by Crippen LogP contribution is -2.19. The summed E-state index contributed by atoms with van der Waals surface area (Å²) in [4.78, 5) is 25.2. The topological polar surface area (TPSA) is 96.2 Å². The third-order valence-electron chi connectivity index (χ3n) is 2.67. The Morgan fingerprint density at radius 1 is 1.29 bits per heavy atom. The normalized spacial score (nSPS) is 12.6. The van der Waals surface area contributed by atoms with Crippen molar-refractivity contribution in [2.24, 2.45) is 4.99 Å². The fourth-order valence-electron chi connectivity index (χ4n) is 1.54. The second kappa shape index (κ2) is 8.52. The molecule has 6 heteroatoms.